The van der Waals surface area contributed by atoms with E-state index in [0.717, 1.165) is 0 Å². The van der Waals surface area contributed by atoms with Crippen molar-refractivity contribution in [2.24, 2.45) is 11.8 Å². The van der Waals surface area contributed by atoms with Crippen molar-refractivity contribution in [1.82, 2.24) is 0 Å². The third-order valence-electron chi connectivity index (χ3n) is 5.44. The fraction of sp³-hybridized carbons (Fsp3) is 0.368. The lowest BCUT2D eigenvalue weighted by Crippen LogP contribution is -2.45. The second-order valence-corrected chi connectivity index (χ2v) is 6.56. The van der Waals surface area contributed by atoms with Gasteiger partial charge in [-0.15, -0.1) is 6.58 Å². The topological polar surface area (TPSA) is 76.1 Å². The van der Waals surface area contributed by atoms with Gasteiger partial charge < -0.3 is 19.5 Å². The molecule has 1 aromatic carbocycles. The van der Waals surface area contributed by atoms with Gasteiger partial charge in [0.25, 0.3) is 0 Å². The molecule has 3 aliphatic rings. The van der Waals surface area contributed by atoms with Crippen molar-refractivity contribution >= 4 is 17.6 Å². The molecule has 1 aromatic rings. The van der Waals surface area contributed by atoms with E-state index in [1.807, 2.05) is 18.2 Å². The Morgan fingerprint density at radius 2 is 2.24 bits per heavy atom. The maximum atomic E-state index is 13.3. The molecular formula is C19H19NO5. The highest BCUT2D eigenvalue weighted by atomic mass is 16.5. The quantitative estimate of drug-likeness (QED) is 0.829. The van der Waals surface area contributed by atoms with Crippen molar-refractivity contribution in [1.29, 1.82) is 0 Å². The molecule has 5 atom stereocenters. The zero-order valence-electron chi connectivity index (χ0n) is 13.8. The van der Waals surface area contributed by atoms with E-state index in [0.29, 0.717) is 17.9 Å². The van der Waals surface area contributed by atoms with Gasteiger partial charge in [0.05, 0.1) is 30.9 Å². The molecule has 0 unspecified atom stereocenters. The van der Waals surface area contributed by atoms with Crippen LogP contribution in [-0.4, -0.2) is 41.8 Å². The lowest BCUT2D eigenvalue weighted by atomic mass is 9.74. The summed E-state index contributed by atoms with van der Waals surface area (Å²) in [4.78, 5) is 26.7. The van der Waals surface area contributed by atoms with E-state index in [4.69, 9.17) is 9.47 Å². The second-order valence-electron chi connectivity index (χ2n) is 6.56. The molecule has 0 saturated carbocycles. The van der Waals surface area contributed by atoms with Gasteiger partial charge in [-0.3, -0.25) is 9.59 Å². The minimum Gasteiger partial charge on any atom is -0.495 e. The van der Waals surface area contributed by atoms with Gasteiger partial charge in [-0.25, -0.2) is 0 Å². The highest BCUT2D eigenvalue weighted by Crippen LogP contribution is 2.57. The molecule has 130 valence electrons. The van der Waals surface area contributed by atoms with Crippen molar-refractivity contribution in [3.63, 3.8) is 0 Å². The minimum atomic E-state index is -1.01. The third kappa shape index (κ3) is 1.94. The zero-order chi connectivity index (χ0) is 17.8. The van der Waals surface area contributed by atoms with E-state index >= 15 is 0 Å². The molecule has 0 aromatic heterocycles. The first-order valence-corrected chi connectivity index (χ1v) is 8.22. The average molecular weight is 341 g/mol. The summed E-state index contributed by atoms with van der Waals surface area (Å²) in [7, 11) is 1.54. The monoisotopic (exact) mass is 341 g/mol. The predicted octanol–water partition coefficient (Wildman–Crippen LogP) is 2.01. The number of nitrogens with zero attached hydrogens (tertiary/aromatic N) is 1. The molecule has 1 spiro atoms. The van der Waals surface area contributed by atoms with Gasteiger partial charge in [-0.05, 0) is 18.6 Å². The molecule has 2 bridgehead atoms. The Balaban J connectivity index is 1.87. The summed E-state index contributed by atoms with van der Waals surface area (Å²) in [5.41, 5.74) is -0.310. The standard InChI is InChI=1S/C19H19NO5/c1-3-6-14-19-10-9-13(25-19)15(18(22)23)16(19)17(21)20(14)11-7-4-5-8-12(11)24-2/h3-5,7-10,13-16H,1,6H2,2H3,(H,22,23)/t13-,14-,15-,16-,19-/m1/s1. The van der Waals surface area contributed by atoms with Crippen LogP contribution in [0.4, 0.5) is 5.69 Å². The first kappa shape index (κ1) is 15.9. The number of carbonyl (C=O) groups excluding carboxylic acids is 1. The van der Waals surface area contributed by atoms with Crippen LogP contribution in [0.2, 0.25) is 0 Å². The number of fused-ring (bicyclic) bond motifs is 1. The number of ether oxygens (including phenoxy) is 2. The van der Waals surface area contributed by atoms with E-state index in [2.05, 4.69) is 6.58 Å². The number of rotatable bonds is 5. The van der Waals surface area contributed by atoms with Gasteiger partial charge >= 0.3 is 5.97 Å². The molecule has 4 rings (SSSR count). The van der Waals surface area contributed by atoms with Crippen LogP contribution in [0.3, 0.4) is 0 Å². The van der Waals surface area contributed by atoms with Gasteiger partial charge in [0.1, 0.15) is 17.3 Å². The van der Waals surface area contributed by atoms with Crippen LogP contribution in [0.15, 0.2) is 49.1 Å². The number of carboxylic acid groups (broad SMARTS) is 1. The molecule has 0 aliphatic carbocycles. The molecule has 2 fully saturated rings. The normalized spacial score (nSPS) is 35.1. The summed E-state index contributed by atoms with van der Waals surface area (Å²) in [5, 5.41) is 9.64. The number of amides is 1. The Bertz CT molecular complexity index is 788. The molecular weight excluding hydrogens is 322 g/mol. The highest BCUT2D eigenvalue weighted by Gasteiger charge is 2.71. The predicted molar refractivity (Wildman–Crippen MR) is 90.4 cm³/mol. The van der Waals surface area contributed by atoms with Gasteiger partial charge in [0.2, 0.25) is 5.91 Å². The Labute approximate surface area is 145 Å². The number of para-hydroxylation sites is 2. The fourth-order valence-electron chi connectivity index (χ4n) is 4.49. The Morgan fingerprint density at radius 3 is 2.92 bits per heavy atom. The molecule has 2 saturated heterocycles. The smallest absolute Gasteiger partial charge is 0.310 e. The number of anilines is 1. The van der Waals surface area contributed by atoms with Crippen LogP contribution >= 0.6 is 0 Å². The average Bonchev–Trinajstić information content (AvgIpc) is 3.24. The molecule has 6 heteroatoms. The Kier molecular flexibility index (Phi) is 3.47. The molecule has 1 amide bonds. The number of benzene rings is 1. The number of aliphatic carboxylic acids is 1. The van der Waals surface area contributed by atoms with E-state index in [9.17, 15) is 14.7 Å². The summed E-state index contributed by atoms with van der Waals surface area (Å²) >= 11 is 0. The number of methoxy groups -OCH3 is 1. The van der Waals surface area contributed by atoms with Crippen LogP contribution in [-0.2, 0) is 14.3 Å². The van der Waals surface area contributed by atoms with Gasteiger partial charge in [-0.1, -0.05) is 30.4 Å². The Morgan fingerprint density at radius 1 is 1.48 bits per heavy atom. The van der Waals surface area contributed by atoms with Gasteiger partial charge in [-0.2, -0.15) is 0 Å². The first-order chi connectivity index (χ1) is 12.0. The van der Waals surface area contributed by atoms with Crippen molar-refractivity contribution < 1.29 is 24.2 Å². The molecule has 1 N–H and O–H groups in total. The van der Waals surface area contributed by atoms with E-state index in [1.165, 1.54) is 0 Å². The third-order valence-corrected chi connectivity index (χ3v) is 5.44. The molecule has 3 aliphatic heterocycles. The second kappa shape index (κ2) is 5.46. The zero-order valence-corrected chi connectivity index (χ0v) is 13.8. The SMILES string of the molecule is C=CC[C@H]1N(c2ccccc2OC)C(=O)[C@H]2[C@H](C(=O)O)[C@H]3C=C[C@]21O3. The van der Waals surface area contributed by atoms with Crippen molar-refractivity contribution in [3.05, 3.63) is 49.1 Å². The van der Waals surface area contributed by atoms with Crippen molar-refractivity contribution in [2.45, 2.75) is 24.2 Å². The van der Waals surface area contributed by atoms with Crippen LogP contribution < -0.4 is 9.64 Å². The van der Waals surface area contributed by atoms with E-state index in [1.54, 1.807) is 36.3 Å². The van der Waals surface area contributed by atoms with E-state index < -0.39 is 29.5 Å². The molecule has 25 heavy (non-hydrogen) atoms. The maximum Gasteiger partial charge on any atom is 0.310 e. The first-order valence-electron chi connectivity index (χ1n) is 8.22. The lowest BCUT2D eigenvalue weighted by Gasteiger charge is -2.33. The fourth-order valence-corrected chi connectivity index (χ4v) is 4.49. The molecule has 3 heterocycles. The molecule has 0 radical (unpaired) electrons. The van der Waals surface area contributed by atoms with Crippen LogP contribution in [0.5, 0.6) is 5.75 Å². The Hall–Kier alpha value is -2.60. The van der Waals surface area contributed by atoms with E-state index in [-0.39, 0.29) is 11.9 Å². The summed E-state index contributed by atoms with van der Waals surface area (Å²) in [5.74, 6) is -2.30. The summed E-state index contributed by atoms with van der Waals surface area (Å²) in [6.07, 6.45) is 5.30. The number of hydrogen-bond donors (Lipinski definition) is 1. The van der Waals surface area contributed by atoms with Crippen LogP contribution in [0.25, 0.3) is 0 Å². The summed E-state index contributed by atoms with van der Waals surface area (Å²) in [6, 6.07) is 6.87. The number of carbonyl (C=O) groups is 2. The van der Waals surface area contributed by atoms with Crippen molar-refractivity contribution in [2.75, 3.05) is 12.0 Å². The highest BCUT2D eigenvalue weighted by molar-refractivity contribution is 6.04. The summed E-state index contributed by atoms with van der Waals surface area (Å²) < 4.78 is 11.5. The number of carboxylic acids is 1. The van der Waals surface area contributed by atoms with Crippen LogP contribution in [0.1, 0.15) is 6.42 Å². The summed E-state index contributed by atoms with van der Waals surface area (Å²) in [6.45, 7) is 3.80. The maximum absolute atomic E-state index is 13.3. The van der Waals surface area contributed by atoms with Gasteiger partial charge in [0, 0.05) is 0 Å². The van der Waals surface area contributed by atoms with Crippen molar-refractivity contribution in [3.8, 4) is 5.75 Å². The minimum absolute atomic E-state index is 0.240. The van der Waals surface area contributed by atoms with Gasteiger partial charge in [0.15, 0.2) is 0 Å². The largest absolute Gasteiger partial charge is 0.495 e. The van der Waals surface area contributed by atoms with Crippen LogP contribution in [0, 0.1) is 11.8 Å². The lowest BCUT2D eigenvalue weighted by molar-refractivity contribution is -0.146. The number of hydrogen-bond acceptors (Lipinski definition) is 4. The molecule has 6 nitrogen and oxygen atoms in total.